The van der Waals surface area contributed by atoms with Crippen LogP contribution in [0, 0.1) is 0 Å². The molecule has 14 heteroatoms. The molecule has 11 N–H and O–H groups in total. The standard InChI is InChI=1S/C19H31N7O5S.Y/c20-10-25-17(28)14(22)8-11-3-5-12(6-4-11)31-19(30)24-7-1-2-13(21)18(29)26-15(9-32)16(23)27;/h3-6,13-15,32H,1-2,7-10,20-22H2,(H2,23,27)(H,24,30)(H,25,28)(H,26,29);/t13-,14-,15-;/m0./s1. The monoisotopic (exact) mass is 558 g/mol. The Morgan fingerprint density at radius 2 is 1.64 bits per heavy atom. The van der Waals surface area contributed by atoms with Crippen LogP contribution in [0.4, 0.5) is 4.79 Å². The molecule has 0 heterocycles. The molecule has 0 bridgehead atoms. The van der Waals surface area contributed by atoms with Gasteiger partial charge in [0.15, 0.2) is 0 Å². The smallest absolute Gasteiger partial charge is 0.410 e. The van der Waals surface area contributed by atoms with Crippen LogP contribution in [-0.4, -0.2) is 60.9 Å². The number of hydrogen-bond acceptors (Lipinski definition) is 9. The Morgan fingerprint density at radius 1 is 1.00 bits per heavy atom. The number of hydrogen-bond donors (Lipinski definition) is 8. The first-order valence-electron chi connectivity index (χ1n) is 9.92. The zero-order valence-corrected chi connectivity index (χ0v) is 21.9. The van der Waals surface area contributed by atoms with Gasteiger partial charge >= 0.3 is 6.09 Å². The molecule has 1 rings (SSSR count). The molecule has 0 fully saturated rings. The number of benzene rings is 1. The van der Waals surface area contributed by atoms with Gasteiger partial charge in [-0.15, -0.1) is 0 Å². The van der Waals surface area contributed by atoms with E-state index in [-0.39, 0.29) is 64.0 Å². The first kappa shape index (κ1) is 31.2. The Hall–Kier alpha value is -1.77. The molecule has 12 nitrogen and oxygen atoms in total. The van der Waals surface area contributed by atoms with Crippen molar-refractivity contribution in [3.05, 3.63) is 29.8 Å². The van der Waals surface area contributed by atoms with Crippen molar-refractivity contribution in [2.24, 2.45) is 22.9 Å². The zero-order valence-electron chi connectivity index (χ0n) is 18.2. The number of amides is 4. The third-order valence-corrected chi connectivity index (χ3v) is 4.71. The van der Waals surface area contributed by atoms with Gasteiger partial charge < -0.3 is 43.6 Å². The topological polar surface area (TPSA) is 218 Å². The summed E-state index contributed by atoms with van der Waals surface area (Å²) in [6, 6.07) is 4.07. The minimum Gasteiger partial charge on any atom is -0.410 e. The van der Waals surface area contributed by atoms with Crippen molar-refractivity contribution in [2.75, 3.05) is 19.0 Å². The predicted octanol–water partition coefficient (Wildman–Crippen LogP) is -2.32. The van der Waals surface area contributed by atoms with Crippen LogP contribution in [-0.2, 0) is 53.5 Å². The molecule has 0 aliphatic carbocycles. The van der Waals surface area contributed by atoms with Gasteiger partial charge in [0.1, 0.15) is 11.8 Å². The largest absolute Gasteiger partial charge is 0.412 e. The average Bonchev–Trinajstić information content (AvgIpc) is 2.75. The van der Waals surface area contributed by atoms with Crippen LogP contribution in [0.3, 0.4) is 0 Å². The molecular formula is C19H31N7O5SY. The van der Waals surface area contributed by atoms with Crippen molar-refractivity contribution in [1.29, 1.82) is 0 Å². The second kappa shape index (κ2) is 16.8. The molecule has 0 aliphatic heterocycles. The summed E-state index contributed by atoms with van der Waals surface area (Å²) in [6.45, 7) is 0.244. The van der Waals surface area contributed by atoms with Crippen LogP contribution < -0.4 is 43.6 Å². The molecule has 33 heavy (non-hydrogen) atoms. The zero-order chi connectivity index (χ0) is 24.1. The third-order valence-electron chi connectivity index (χ3n) is 4.34. The molecule has 1 aromatic rings. The van der Waals surface area contributed by atoms with E-state index in [1.54, 1.807) is 24.3 Å². The summed E-state index contributed by atoms with van der Waals surface area (Å²) in [4.78, 5) is 46.5. The average molecular weight is 558 g/mol. The molecule has 1 radical (unpaired) electrons. The Kier molecular flexibility index (Phi) is 15.9. The first-order chi connectivity index (χ1) is 15.2. The third kappa shape index (κ3) is 12.3. The normalized spacial score (nSPS) is 13.0. The maximum atomic E-state index is 11.9. The fourth-order valence-corrected chi connectivity index (χ4v) is 2.82. The number of thiol groups is 1. The maximum Gasteiger partial charge on any atom is 0.412 e. The summed E-state index contributed by atoms with van der Waals surface area (Å²) in [6.07, 6.45) is 0.323. The summed E-state index contributed by atoms with van der Waals surface area (Å²) in [7, 11) is 0. The summed E-state index contributed by atoms with van der Waals surface area (Å²) in [5.74, 6) is -1.19. The summed E-state index contributed by atoms with van der Waals surface area (Å²) in [5.41, 5.74) is 22.7. The van der Waals surface area contributed by atoms with Crippen molar-refractivity contribution in [3.8, 4) is 5.75 Å². The van der Waals surface area contributed by atoms with Crippen LogP contribution in [0.5, 0.6) is 5.75 Å². The summed E-state index contributed by atoms with van der Waals surface area (Å²) >= 11 is 3.94. The fraction of sp³-hybridized carbons (Fsp3) is 0.474. The van der Waals surface area contributed by atoms with Crippen LogP contribution >= 0.6 is 12.6 Å². The predicted molar refractivity (Wildman–Crippen MR) is 122 cm³/mol. The second-order valence-electron chi connectivity index (χ2n) is 6.91. The molecule has 0 saturated heterocycles. The van der Waals surface area contributed by atoms with E-state index in [1.165, 1.54) is 0 Å². The maximum absolute atomic E-state index is 11.9. The van der Waals surface area contributed by atoms with Crippen LogP contribution in [0.25, 0.3) is 0 Å². The van der Waals surface area contributed by atoms with Crippen LogP contribution in [0.2, 0.25) is 0 Å². The molecular weight excluding hydrogens is 527 g/mol. The SMILES string of the molecule is NCNC(=O)[C@@H](N)Cc1ccc(OC(=O)NCCC[C@H](N)C(=O)N[C@@H](CS)C(N)=O)cc1.[Y]. The number of rotatable bonds is 13. The van der Waals surface area contributed by atoms with Gasteiger partial charge in [-0.1, -0.05) is 12.1 Å². The van der Waals surface area contributed by atoms with Gasteiger partial charge in [-0.25, -0.2) is 4.79 Å². The molecule has 0 aromatic heterocycles. The quantitative estimate of drug-likeness (QED) is 0.0745. The van der Waals surface area contributed by atoms with Crippen molar-refractivity contribution in [2.45, 2.75) is 37.4 Å². The number of nitrogens with one attached hydrogen (secondary N) is 3. The summed E-state index contributed by atoms with van der Waals surface area (Å²) < 4.78 is 5.16. The Morgan fingerprint density at radius 3 is 2.18 bits per heavy atom. The van der Waals surface area contributed by atoms with Gasteiger partial charge in [0.05, 0.1) is 18.8 Å². The van der Waals surface area contributed by atoms with E-state index in [2.05, 4.69) is 28.6 Å². The minimum absolute atomic E-state index is 0. The van der Waals surface area contributed by atoms with Gasteiger partial charge in [-0.3, -0.25) is 14.4 Å². The van der Waals surface area contributed by atoms with Gasteiger partial charge in [0.2, 0.25) is 17.7 Å². The summed E-state index contributed by atoms with van der Waals surface area (Å²) in [5, 5.41) is 7.41. The van der Waals surface area contributed by atoms with Gasteiger partial charge in [0, 0.05) is 45.0 Å². The molecule has 0 aliphatic rings. The van der Waals surface area contributed by atoms with E-state index < -0.39 is 36.0 Å². The van der Waals surface area contributed by atoms with Crippen molar-refractivity contribution in [3.63, 3.8) is 0 Å². The number of carbonyl (C=O) groups excluding carboxylic acids is 4. The molecule has 4 amide bonds. The van der Waals surface area contributed by atoms with E-state index in [0.29, 0.717) is 18.6 Å². The fourth-order valence-electron chi connectivity index (χ4n) is 2.54. The Labute approximate surface area is 222 Å². The van der Waals surface area contributed by atoms with Crippen molar-refractivity contribution < 1.29 is 56.6 Å². The molecule has 0 saturated carbocycles. The molecule has 1 aromatic carbocycles. The molecule has 3 atom stereocenters. The van der Waals surface area contributed by atoms with E-state index in [9.17, 15) is 19.2 Å². The van der Waals surface area contributed by atoms with Crippen molar-refractivity contribution >= 4 is 36.4 Å². The van der Waals surface area contributed by atoms with E-state index in [1.807, 2.05) is 0 Å². The van der Waals surface area contributed by atoms with E-state index in [0.717, 1.165) is 5.56 Å². The first-order valence-corrected chi connectivity index (χ1v) is 10.5. The van der Waals surface area contributed by atoms with Crippen molar-refractivity contribution in [1.82, 2.24) is 16.0 Å². The number of carbonyl (C=O) groups is 4. The van der Waals surface area contributed by atoms with E-state index in [4.69, 9.17) is 27.7 Å². The van der Waals surface area contributed by atoms with Crippen LogP contribution in [0.15, 0.2) is 24.3 Å². The van der Waals surface area contributed by atoms with Gasteiger partial charge in [0.25, 0.3) is 0 Å². The number of primary amides is 1. The van der Waals surface area contributed by atoms with Crippen LogP contribution in [0.1, 0.15) is 18.4 Å². The van der Waals surface area contributed by atoms with Gasteiger partial charge in [-0.2, -0.15) is 12.6 Å². The number of ether oxygens (including phenoxy) is 1. The van der Waals surface area contributed by atoms with Gasteiger partial charge in [-0.05, 0) is 37.0 Å². The Bertz CT molecular complexity index is 784. The minimum atomic E-state index is -0.893. The molecule has 181 valence electrons. The Balaban J connectivity index is 0.0000102. The molecule has 0 unspecified atom stereocenters. The molecule has 0 spiro atoms. The number of nitrogens with two attached hydrogens (primary N) is 4. The second-order valence-corrected chi connectivity index (χ2v) is 7.28. The van der Waals surface area contributed by atoms with E-state index >= 15 is 0 Å².